The van der Waals surface area contributed by atoms with E-state index in [0.29, 0.717) is 0 Å². The predicted octanol–water partition coefficient (Wildman–Crippen LogP) is 4.77. The molecule has 0 saturated heterocycles. The number of nitrogens with zero attached hydrogens (tertiary/aromatic N) is 2. The maximum atomic E-state index is 12.5. The van der Waals surface area contributed by atoms with Crippen molar-refractivity contribution in [1.29, 1.82) is 0 Å². The molecular formula is C25H27N3OSe. The number of para-hydroxylation sites is 1. The summed E-state index contributed by atoms with van der Waals surface area (Å²) in [6.45, 7) is 1.85. The number of hydrogen-bond acceptors (Lipinski definition) is 3. The number of fused-ring (bicyclic) bond motifs is 3. The predicted molar refractivity (Wildman–Crippen MR) is 126 cm³/mol. The van der Waals surface area contributed by atoms with E-state index >= 15 is 0 Å². The van der Waals surface area contributed by atoms with E-state index in [-0.39, 0.29) is 20.3 Å². The average Bonchev–Trinajstić information content (AvgIpc) is 3.11. The SMILES string of the molecule is O=c1c2ccccc2[se]n1CCCCCNc1c2c(nc3ccccc13)CCCC2. The third kappa shape index (κ3) is 3.84. The van der Waals surface area contributed by atoms with Gasteiger partial charge in [0, 0.05) is 0 Å². The Balaban J connectivity index is 1.21. The van der Waals surface area contributed by atoms with Crippen LogP contribution in [0.4, 0.5) is 5.69 Å². The molecule has 2 aromatic heterocycles. The molecule has 5 heteroatoms. The summed E-state index contributed by atoms with van der Waals surface area (Å²) >= 11 is 0.154. The molecular weight excluding hydrogens is 437 g/mol. The topological polar surface area (TPSA) is 46.9 Å². The molecule has 1 aliphatic rings. The zero-order valence-corrected chi connectivity index (χ0v) is 18.9. The summed E-state index contributed by atoms with van der Waals surface area (Å²) in [6, 6.07) is 16.6. The summed E-state index contributed by atoms with van der Waals surface area (Å²) in [5.74, 6) is 0. The average molecular weight is 464 g/mol. The first-order valence-corrected chi connectivity index (χ1v) is 12.7. The number of rotatable bonds is 7. The molecule has 5 rings (SSSR count). The zero-order chi connectivity index (χ0) is 20.3. The van der Waals surface area contributed by atoms with Crippen LogP contribution in [0.3, 0.4) is 0 Å². The van der Waals surface area contributed by atoms with Gasteiger partial charge in [0.05, 0.1) is 0 Å². The zero-order valence-electron chi connectivity index (χ0n) is 17.2. The van der Waals surface area contributed by atoms with Crippen LogP contribution >= 0.6 is 0 Å². The number of nitrogens with one attached hydrogen (secondary N) is 1. The van der Waals surface area contributed by atoms with Gasteiger partial charge in [0.25, 0.3) is 0 Å². The molecule has 0 unspecified atom stereocenters. The third-order valence-corrected chi connectivity index (χ3v) is 8.41. The van der Waals surface area contributed by atoms with Crippen LogP contribution in [0.25, 0.3) is 20.5 Å². The number of hydrogen-bond donors (Lipinski definition) is 1. The first-order chi connectivity index (χ1) is 14.8. The Kier molecular flexibility index (Phi) is 5.74. The Bertz CT molecular complexity index is 1240. The van der Waals surface area contributed by atoms with E-state index < -0.39 is 0 Å². The molecule has 0 atom stereocenters. The Labute approximate surface area is 182 Å². The summed E-state index contributed by atoms with van der Waals surface area (Å²) < 4.78 is 3.28. The van der Waals surface area contributed by atoms with Gasteiger partial charge in [0.1, 0.15) is 0 Å². The van der Waals surface area contributed by atoms with Crippen LogP contribution in [0.2, 0.25) is 0 Å². The van der Waals surface area contributed by atoms with Crippen molar-refractivity contribution < 1.29 is 0 Å². The number of anilines is 1. The normalized spacial score (nSPS) is 13.6. The van der Waals surface area contributed by atoms with Gasteiger partial charge in [-0.05, 0) is 0 Å². The number of aromatic nitrogens is 2. The molecule has 4 aromatic rings. The molecule has 1 N–H and O–H groups in total. The van der Waals surface area contributed by atoms with Crippen LogP contribution in [-0.2, 0) is 19.4 Å². The van der Waals surface area contributed by atoms with Crippen molar-refractivity contribution in [2.45, 2.75) is 51.5 Å². The summed E-state index contributed by atoms with van der Waals surface area (Å²) in [7, 11) is 0. The van der Waals surface area contributed by atoms with Crippen molar-refractivity contribution in [2.75, 3.05) is 11.9 Å². The summed E-state index contributed by atoms with van der Waals surface area (Å²) in [5.41, 5.74) is 5.36. The van der Waals surface area contributed by atoms with Crippen LogP contribution in [0, 0.1) is 0 Å². The van der Waals surface area contributed by atoms with E-state index in [9.17, 15) is 4.79 Å². The Morgan fingerprint density at radius 1 is 0.933 bits per heavy atom. The molecule has 2 heterocycles. The first kappa shape index (κ1) is 19.6. The fraction of sp³-hybridized carbons (Fsp3) is 0.360. The standard InChI is InChI=1S/C25H27N3OSe/c29-25-20-12-4-7-15-23(20)30-28(25)17-9-1-8-16-26-24-18-10-2-5-13-21(18)27-22-14-6-3-11-19(22)24/h2,4-5,7,10,12-13,15H,1,3,6,8-9,11,14,16-17H2,(H,26,27). The van der Waals surface area contributed by atoms with E-state index in [0.717, 1.165) is 56.1 Å². The molecule has 4 nitrogen and oxygen atoms in total. The van der Waals surface area contributed by atoms with Gasteiger partial charge in [0.2, 0.25) is 0 Å². The summed E-state index contributed by atoms with van der Waals surface area (Å²) in [5, 5.41) is 5.91. The maximum absolute atomic E-state index is 12.5. The van der Waals surface area contributed by atoms with Crippen LogP contribution in [0.1, 0.15) is 43.4 Å². The van der Waals surface area contributed by atoms with Crippen molar-refractivity contribution in [3.8, 4) is 0 Å². The molecule has 0 radical (unpaired) electrons. The Hall–Kier alpha value is -2.36. The second-order valence-corrected chi connectivity index (χ2v) is 10.3. The quantitative estimate of drug-likeness (QED) is 0.317. The van der Waals surface area contributed by atoms with Gasteiger partial charge in [0.15, 0.2) is 0 Å². The van der Waals surface area contributed by atoms with Crippen molar-refractivity contribution in [3.63, 3.8) is 0 Å². The van der Waals surface area contributed by atoms with Gasteiger partial charge < -0.3 is 0 Å². The molecule has 0 aliphatic heterocycles. The molecule has 2 aromatic carbocycles. The molecule has 0 fully saturated rings. The fourth-order valence-corrected chi connectivity index (χ4v) is 6.68. The molecule has 0 amide bonds. The number of benzene rings is 2. The molecule has 30 heavy (non-hydrogen) atoms. The van der Waals surface area contributed by atoms with E-state index in [2.05, 4.69) is 39.2 Å². The Morgan fingerprint density at radius 3 is 2.63 bits per heavy atom. The Morgan fingerprint density at radius 2 is 1.73 bits per heavy atom. The fourth-order valence-electron chi connectivity index (χ4n) is 4.51. The summed E-state index contributed by atoms with van der Waals surface area (Å²) in [4.78, 5) is 17.4. The van der Waals surface area contributed by atoms with Crippen LogP contribution in [-0.4, -0.2) is 29.8 Å². The van der Waals surface area contributed by atoms with Gasteiger partial charge >= 0.3 is 183 Å². The minimum atomic E-state index is 0.154. The second-order valence-electron chi connectivity index (χ2n) is 8.12. The molecule has 0 saturated carbocycles. The van der Waals surface area contributed by atoms with Crippen molar-refractivity contribution in [2.24, 2.45) is 0 Å². The van der Waals surface area contributed by atoms with Gasteiger partial charge in [-0.15, -0.1) is 0 Å². The van der Waals surface area contributed by atoms with Crippen LogP contribution in [0.5, 0.6) is 0 Å². The van der Waals surface area contributed by atoms with E-state index in [1.807, 2.05) is 18.2 Å². The number of unbranched alkanes of at least 4 members (excludes halogenated alkanes) is 2. The van der Waals surface area contributed by atoms with Gasteiger partial charge in [-0.25, -0.2) is 0 Å². The second kappa shape index (κ2) is 8.79. The molecule has 0 bridgehead atoms. The number of pyridine rings is 1. The third-order valence-electron chi connectivity index (χ3n) is 6.06. The molecule has 154 valence electrons. The van der Waals surface area contributed by atoms with Gasteiger partial charge in [-0.2, -0.15) is 0 Å². The molecule has 0 spiro atoms. The minimum absolute atomic E-state index is 0.154. The van der Waals surface area contributed by atoms with Gasteiger partial charge in [-0.1, -0.05) is 0 Å². The monoisotopic (exact) mass is 465 g/mol. The van der Waals surface area contributed by atoms with E-state index in [4.69, 9.17) is 4.98 Å². The number of aryl methyl sites for hydroxylation is 2. The van der Waals surface area contributed by atoms with Gasteiger partial charge in [-0.3, -0.25) is 0 Å². The summed E-state index contributed by atoms with van der Waals surface area (Å²) in [6.07, 6.45) is 8.06. The van der Waals surface area contributed by atoms with Crippen molar-refractivity contribution >= 4 is 41.0 Å². The van der Waals surface area contributed by atoms with E-state index in [1.165, 1.54) is 39.4 Å². The molecule has 1 aliphatic carbocycles. The van der Waals surface area contributed by atoms with E-state index in [1.54, 1.807) is 0 Å². The van der Waals surface area contributed by atoms with Crippen LogP contribution in [0.15, 0.2) is 53.3 Å². The van der Waals surface area contributed by atoms with Crippen LogP contribution < -0.4 is 10.9 Å². The van der Waals surface area contributed by atoms with Crippen molar-refractivity contribution in [1.82, 2.24) is 8.55 Å². The van der Waals surface area contributed by atoms with Crippen molar-refractivity contribution in [3.05, 3.63) is 70.1 Å². The first-order valence-electron chi connectivity index (χ1n) is 11.0.